The molecule has 1 amide bonds. The predicted molar refractivity (Wildman–Crippen MR) is 266 cm³/mol. The van der Waals surface area contributed by atoms with Crippen molar-refractivity contribution in [3.05, 3.63) is 199 Å². The number of fused-ring (bicyclic) bond motifs is 2. The number of benzene rings is 3. The van der Waals surface area contributed by atoms with E-state index in [4.69, 9.17) is 24.4 Å². The molecule has 4 N–H and O–H groups in total. The van der Waals surface area contributed by atoms with Crippen molar-refractivity contribution < 1.29 is 9.59 Å². The van der Waals surface area contributed by atoms with Crippen LogP contribution >= 0.6 is 24.4 Å². The number of carbonyl (C=O) groups excluding carboxylic acids is 2. The number of allylic oxidation sites excluding steroid dienone is 1. The smallest absolute Gasteiger partial charge is 0.274 e. The highest BCUT2D eigenvalue weighted by molar-refractivity contribution is 7.71. The minimum Gasteiger partial charge on any atom is -0.370 e. The average Bonchev–Trinajstić information content (AvgIpc) is 3.96. The standard InChI is InChI=1S/C27H26N4O3S.C24H24N6OS/c1-18(32)27(20-10-6-3-7-11-20)13-16-30(17-14-27)25(34)23(19-8-4-2-5-9-19)31-15-12-21-22(26(31)35)24(33)29-28-21;1-17(28-13-15-29(16-14-28)20-9-5-6-11-25-20)22(18-7-3-2-4-8-18)30-12-10-19-21(24(30)32)23(31)27-26-19/h2-12,15,23H,13-14,16-17H2,1H3,(H2,28,29,33);2-12,22H,1,13-16H2,(H2,26,27,31). The molecule has 7 heterocycles. The molecule has 2 atom stereocenters. The van der Waals surface area contributed by atoms with Crippen LogP contribution in [0.15, 0.2) is 162 Å². The molecule has 3 aromatic carbocycles. The molecule has 2 saturated heterocycles. The van der Waals surface area contributed by atoms with E-state index in [1.807, 2.05) is 125 Å². The normalized spacial score (nSPS) is 15.7. The average molecular weight is 931 g/mol. The molecule has 0 radical (unpaired) electrons. The van der Waals surface area contributed by atoms with Crippen molar-refractivity contribution in [3.8, 4) is 0 Å². The molecule has 2 aliphatic heterocycles. The highest BCUT2D eigenvalue weighted by atomic mass is 32.1. The van der Waals surface area contributed by atoms with E-state index in [1.54, 1.807) is 23.8 Å². The van der Waals surface area contributed by atoms with Crippen LogP contribution in [-0.4, -0.2) is 95.3 Å². The number of amides is 1. The fraction of sp³-hybridized carbons (Fsp3) is 0.235. The molecule has 2 unspecified atom stereocenters. The molecule has 2 aliphatic rings. The van der Waals surface area contributed by atoms with Gasteiger partial charge < -0.3 is 23.8 Å². The number of aromatic amines is 4. The van der Waals surface area contributed by atoms with Crippen LogP contribution in [0.3, 0.4) is 0 Å². The van der Waals surface area contributed by atoms with Crippen LogP contribution in [0.25, 0.3) is 21.8 Å². The SMILES string of the molecule is C=C(C(c1ccccc1)n1ccc2[nH][nH]c(=O)c2c1=S)N1CCN(c2ccccn2)CC1.CC(=O)C1(c2ccccc2)CCN(C(=O)C(c2ccccc2)n2ccc3[nH][nH]c(=O)c3c2=S)CC1. The lowest BCUT2D eigenvalue weighted by molar-refractivity contribution is -0.137. The van der Waals surface area contributed by atoms with Gasteiger partial charge in [0.15, 0.2) is 0 Å². The summed E-state index contributed by atoms with van der Waals surface area (Å²) in [5.74, 6) is 1.01. The van der Waals surface area contributed by atoms with Gasteiger partial charge in [0.25, 0.3) is 11.1 Å². The lowest BCUT2D eigenvalue weighted by Crippen LogP contribution is -2.50. The van der Waals surface area contributed by atoms with E-state index in [0.717, 1.165) is 54.4 Å². The summed E-state index contributed by atoms with van der Waals surface area (Å²) in [6, 6.07) is 38.1. The first-order valence-electron chi connectivity index (χ1n) is 22.2. The summed E-state index contributed by atoms with van der Waals surface area (Å²) in [6.45, 7) is 10.4. The van der Waals surface area contributed by atoms with Crippen molar-refractivity contribution in [3.63, 3.8) is 0 Å². The van der Waals surface area contributed by atoms with Crippen LogP contribution in [-0.2, 0) is 15.0 Å². The number of anilines is 1. The lowest BCUT2D eigenvalue weighted by Gasteiger charge is -2.41. The van der Waals surface area contributed by atoms with Crippen LogP contribution in [0, 0.1) is 9.28 Å². The number of aromatic nitrogens is 7. The Labute approximate surface area is 396 Å². The predicted octanol–water partition coefficient (Wildman–Crippen LogP) is 7.83. The zero-order valence-electron chi connectivity index (χ0n) is 36.9. The quantitative estimate of drug-likeness (QED) is 0.100. The molecular weight excluding hydrogens is 881 g/mol. The highest BCUT2D eigenvalue weighted by Gasteiger charge is 2.42. The summed E-state index contributed by atoms with van der Waals surface area (Å²) in [6.07, 6.45) is 6.62. The number of piperazine rings is 1. The number of Topliss-reactive ketones (excluding diaryl/α,β-unsaturated/α-hetero) is 1. The summed E-state index contributed by atoms with van der Waals surface area (Å²) >= 11 is 11.4. The number of piperidine rings is 1. The zero-order chi connectivity index (χ0) is 46.7. The first kappa shape index (κ1) is 44.8. The Bertz CT molecular complexity index is 3290. The van der Waals surface area contributed by atoms with Gasteiger partial charge in [0.1, 0.15) is 37.7 Å². The molecule has 0 bridgehead atoms. The first-order valence-corrected chi connectivity index (χ1v) is 23.1. The van der Waals surface area contributed by atoms with E-state index in [2.05, 4.69) is 53.9 Å². The molecule has 0 saturated carbocycles. The van der Waals surface area contributed by atoms with E-state index in [-0.39, 0.29) is 28.9 Å². The molecule has 0 spiro atoms. The monoisotopic (exact) mass is 930 g/mol. The number of H-pyrrole nitrogens is 4. The molecule has 340 valence electrons. The molecule has 16 heteroatoms. The molecule has 0 aliphatic carbocycles. The highest BCUT2D eigenvalue weighted by Crippen LogP contribution is 2.38. The van der Waals surface area contributed by atoms with Crippen molar-refractivity contribution >= 4 is 63.7 Å². The number of nitrogens with one attached hydrogen (secondary N) is 4. The summed E-state index contributed by atoms with van der Waals surface area (Å²) in [5.41, 5.74) is 4.01. The summed E-state index contributed by atoms with van der Waals surface area (Å²) in [7, 11) is 0. The molecule has 5 aromatic heterocycles. The molecule has 67 heavy (non-hydrogen) atoms. The fourth-order valence-electron chi connectivity index (χ4n) is 9.55. The van der Waals surface area contributed by atoms with Gasteiger partial charge in [-0.05, 0) is 60.7 Å². The van der Waals surface area contributed by atoms with E-state index in [1.165, 1.54) is 0 Å². The largest absolute Gasteiger partial charge is 0.370 e. The summed E-state index contributed by atoms with van der Waals surface area (Å²) in [4.78, 5) is 62.4. The number of pyridine rings is 3. The van der Waals surface area contributed by atoms with Crippen molar-refractivity contribution in [1.29, 1.82) is 0 Å². The van der Waals surface area contributed by atoms with Gasteiger partial charge in [-0.25, -0.2) is 4.98 Å². The molecule has 14 nitrogen and oxygen atoms in total. The second-order valence-electron chi connectivity index (χ2n) is 16.9. The second kappa shape index (κ2) is 19.2. The molecule has 2 fully saturated rings. The number of carbonyl (C=O) groups is 2. The van der Waals surface area contributed by atoms with Crippen LogP contribution in [0.4, 0.5) is 5.82 Å². The number of likely N-dealkylation sites (tertiary alicyclic amines) is 1. The minimum absolute atomic E-state index is 0.108. The van der Waals surface area contributed by atoms with Crippen molar-refractivity contribution in [2.75, 3.05) is 44.2 Å². The maximum atomic E-state index is 14.0. The van der Waals surface area contributed by atoms with Gasteiger partial charge in [-0.2, -0.15) is 0 Å². The molecular formula is C51H50N10O4S2. The third kappa shape index (κ3) is 8.72. The number of hydrogen-bond donors (Lipinski definition) is 4. The van der Waals surface area contributed by atoms with Crippen LogP contribution < -0.4 is 16.0 Å². The molecule has 8 aromatic rings. The first-order chi connectivity index (χ1) is 32.6. The van der Waals surface area contributed by atoms with Crippen LogP contribution in [0.5, 0.6) is 0 Å². The van der Waals surface area contributed by atoms with E-state index in [0.29, 0.717) is 57.0 Å². The Morgan fingerprint density at radius 2 is 1.10 bits per heavy atom. The third-order valence-electron chi connectivity index (χ3n) is 13.2. The number of ketones is 1. The number of rotatable bonds is 10. The Hall–Kier alpha value is -7.43. The van der Waals surface area contributed by atoms with Crippen molar-refractivity contribution in [2.24, 2.45) is 0 Å². The van der Waals surface area contributed by atoms with Crippen LogP contribution in [0.2, 0.25) is 0 Å². The van der Waals surface area contributed by atoms with Crippen molar-refractivity contribution in [2.45, 2.75) is 37.3 Å². The van der Waals surface area contributed by atoms with Crippen molar-refractivity contribution in [1.82, 2.24) is 44.3 Å². The van der Waals surface area contributed by atoms with E-state index in [9.17, 15) is 19.2 Å². The maximum absolute atomic E-state index is 14.0. The van der Waals surface area contributed by atoms with Gasteiger partial charge in [-0.15, -0.1) is 0 Å². The van der Waals surface area contributed by atoms with Gasteiger partial charge in [0.05, 0.1) is 22.5 Å². The number of hydrogen-bond acceptors (Lipinski definition) is 9. The zero-order valence-corrected chi connectivity index (χ0v) is 38.6. The Balaban J connectivity index is 0.000000169. The fourth-order valence-corrected chi connectivity index (χ4v) is 10.3. The van der Waals surface area contributed by atoms with E-state index < -0.39 is 11.5 Å². The van der Waals surface area contributed by atoms with Gasteiger partial charge in [0, 0.05) is 63.6 Å². The summed E-state index contributed by atoms with van der Waals surface area (Å²) in [5, 5.41) is 11.8. The molecule has 10 rings (SSSR count). The van der Waals surface area contributed by atoms with E-state index >= 15 is 0 Å². The van der Waals surface area contributed by atoms with Crippen LogP contribution in [0.1, 0.15) is 48.5 Å². The minimum atomic E-state index is -0.719. The third-order valence-corrected chi connectivity index (χ3v) is 14.1. The second-order valence-corrected chi connectivity index (χ2v) is 17.7. The number of nitrogens with zero attached hydrogens (tertiary/aromatic N) is 6. The maximum Gasteiger partial charge on any atom is 0.274 e. The van der Waals surface area contributed by atoms with Gasteiger partial charge in [-0.3, -0.25) is 39.6 Å². The Morgan fingerprint density at radius 3 is 1.61 bits per heavy atom. The van der Waals surface area contributed by atoms with Gasteiger partial charge >= 0.3 is 0 Å². The van der Waals surface area contributed by atoms with Gasteiger partial charge in [0.2, 0.25) is 5.91 Å². The Kier molecular flexibility index (Phi) is 12.8. The van der Waals surface area contributed by atoms with Gasteiger partial charge in [-0.1, -0.05) is 128 Å². The Morgan fingerprint density at radius 1 is 0.612 bits per heavy atom. The topological polar surface area (TPSA) is 164 Å². The lowest BCUT2D eigenvalue weighted by atomic mass is 9.70. The summed E-state index contributed by atoms with van der Waals surface area (Å²) < 4.78 is 4.46.